The molecule has 7 nitrogen and oxygen atoms in total. The third-order valence-electron chi connectivity index (χ3n) is 5.18. The van der Waals surface area contributed by atoms with Gasteiger partial charge in [-0.1, -0.05) is 29.8 Å². The van der Waals surface area contributed by atoms with Crippen LogP contribution in [0.25, 0.3) is 11.3 Å². The van der Waals surface area contributed by atoms with Crippen LogP contribution in [-0.2, 0) is 11.2 Å². The van der Waals surface area contributed by atoms with Gasteiger partial charge >= 0.3 is 0 Å². The van der Waals surface area contributed by atoms with Crippen LogP contribution in [0.3, 0.4) is 0 Å². The van der Waals surface area contributed by atoms with Crippen molar-refractivity contribution in [3.05, 3.63) is 71.7 Å². The van der Waals surface area contributed by atoms with Gasteiger partial charge in [0, 0.05) is 44.1 Å². The number of pyridine rings is 1. The summed E-state index contributed by atoms with van der Waals surface area (Å²) in [5.41, 5.74) is 4.26. The van der Waals surface area contributed by atoms with Crippen molar-refractivity contribution >= 4 is 11.8 Å². The molecule has 0 unspecified atom stereocenters. The van der Waals surface area contributed by atoms with E-state index in [1.54, 1.807) is 23.4 Å². The van der Waals surface area contributed by atoms with Crippen molar-refractivity contribution in [2.45, 2.75) is 13.3 Å². The van der Waals surface area contributed by atoms with Gasteiger partial charge in [0.25, 0.3) is 5.91 Å². The summed E-state index contributed by atoms with van der Waals surface area (Å²) in [4.78, 5) is 32.9. The molecule has 0 spiro atoms. The van der Waals surface area contributed by atoms with Gasteiger partial charge in [-0.05, 0) is 30.7 Å². The molecule has 2 aromatic heterocycles. The van der Waals surface area contributed by atoms with E-state index in [0.717, 1.165) is 11.1 Å². The van der Waals surface area contributed by atoms with Crippen LogP contribution in [-0.4, -0.2) is 63.0 Å². The summed E-state index contributed by atoms with van der Waals surface area (Å²) in [7, 11) is 0. The first-order chi connectivity index (χ1) is 14.1. The first kappa shape index (κ1) is 18.9. The zero-order valence-corrected chi connectivity index (χ0v) is 16.3. The monoisotopic (exact) mass is 389 g/mol. The van der Waals surface area contributed by atoms with Crippen molar-refractivity contribution in [3.8, 4) is 11.3 Å². The molecule has 2 amide bonds. The highest BCUT2D eigenvalue weighted by atomic mass is 16.2. The highest BCUT2D eigenvalue weighted by Crippen LogP contribution is 2.18. The molecule has 0 saturated carbocycles. The SMILES string of the molecule is Cc1ccc(CC(=O)N2CCN(C(=O)c3cc(-c4ccncc4)n[nH]3)CC2)cc1. The van der Waals surface area contributed by atoms with Crippen molar-refractivity contribution < 1.29 is 9.59 Å². The van der Waals surface area contributed by atoms with Crippen LogP contribution < -0.4 is 0 Å². The Balaban J connectivity index is 1.33. The summed E-state index contributed by atoms with van der Waals surface area (Å²) < 4.78 is 0. The Hall–Kier alpha value is -3.48. The Kier molecular flexibility index (Phi) is 5.37. The largest absolute Gasteiger partial charge is 0.339 e. The van der Waals surface area contributed by atoms with Gasteiger partial charge in [-0.2, -0.15) is 5.10 Å². The molecule has 3 aromatic rings. The second-order valence-corrected chi connectivity index (χ2v) is 7.24. The molecule has 1 N–H and O–H groups in total. The Morgan fingerprint density at radius 1 is 0.966 bits per heavy atom. The maximum Gasteiger partial charge on any atom is 0.272 e. The lowest BCUT2D eigenvalue weighted by Crippen LogP contribution is -2.51. The number of nitrogens with zero attached hydrogens (tertiary/aromatic N) is 4. The lowest BCUT2D eigenvalue weighted by atomic mass is 10.1. The molecule has 29 heavy (non-hydrogen) atoms. The van der Waals surface area contributed by atoms with Crippen molar-refractivity contribution in [1.29, 1.82) is 0 Å². The zero-order chi connectivity index (χ0) is 20.2. The maximum absolute atomic E-state index is 12.8. The molecule has 0 aliphatic carbocycles. The van der Waals surface area contributed by atoms with Crippen LogP contribution in [0.5, 0.6) is 0 Å². The number of benzene rings is 1. The smallest absolute Gasteiger partial charge is 0.272 e. The summed E-state index contributed by atoms with van der Waals surface area (Å²) in [5.74, 6) is 0.00547. The molecule has 1 saturated heterocycles. The number of nitrogens with one attached hydrogen (secondary N) is 1. The van der Waals surface area contributed by atoms with E-state index in [4.69, 9.17) is 0 Å². The van der Waals surface area contributed by atoms with E-state index in [1.165, 1.54) is 5.56 Å². The second kappa shape index (κ2) is 8.26. The van der Waals surface area contributed by atoms with E-state index in [2.05, 4.69) is 15.2 Å². The molecule has 0 bridgehead atoms. The van der Waals surface area contributed by atoms with Gasteiger partial charge in [-0.25, -0.2) is 0 Å². The summed E-state index contributed by atoms with van der Waals surface area (Å²) in [6.07, 6.45) is 3.78. The summed E-state index contributed by atoms with van der Waals surface area (Å²) in [5, 5.41) is 7.06. The quantitative estimate of drug-likeness (QED) is 0.742. The van der Waals surface area contributed by atoms with Gasteiger partial charge in [0.2, 0.25) is 5.91 Å². The summed E-state index contributed by atoms with van der Waals surface area (Å²) >= 11 is 0. The molecule has 3 heterocycles. The van der Waals surface area contributed by atoms with Crippen LogP contribution in [0.15, 0.2) is 54.9 Å². The molecule has 0 radical (unpaired) electrons. The van der Waals surface area contributed by atoms with E-state index in [9.17, 15) is 9.59 Å². The normalized spacial score (nSPS) is 14.1. The van der Waals surface area contributed by atoms with E-state index in [-0.39, 0.29) is 11.8 Å². The number of piperazine rings is 1. The fourth-order valence-electron chi connectivity index (χ4n) is 3.42. The van der Waals surface area contributed by atoms with Crippen molar-refractivity contribution in [3.63, 3.8) is 0 Å². The molecule has 4 rings (SSSR count). The van der Waals surface area contributed by atoms with Gasteiger partial charge in [0.05, 0.1) is 12.1 Å². The minimum Gasteiger partial charge on any atom is -0.339 e. The van der Waals surface area contributed by atoms with Crippen LogP contribution in [0, 0.1) is 6.92 Å². The number of carbonyl (C=O) groups excluding carboxylic acids is 2. The average molecular weight is 389 g/mol. The zero-order valence-electron chi connectivity index (χ0n) is 16.3. The number of amides is 2. The van der Waals surface area contributed by atoms with Crippen LogP contribution >= 0.6 is 0 Å². The van der Waals surface area contributed by atoms with Crippen LogP contribution in [0.2, 0.25) is 0 Å². The van der Waals surface area contributed by atoms with Crippen molar-refractivity contribution in [2.24, 2.45) is 0 Å². The Bertz CT molecular complexity index is 990. The molecule has 1 aliphatic heterocycles. The van der Waals surface area contributed by atoms with Gasteiger partial charge in [-0.15, -0.1) is 0 Å². The lowest BCUT2D eigenvalue weighted by molar-refractivity contribution is -0.131. The highest BCUT2D eigenvalue weighted by molar-refractivity contribution is 5.93. The Labute approximate surface area is 169 Å². The van der Waals surface area contributed by atoms with Gasteiger partial charge in [-0.3, -0.25) is 19.7 Å². The number of hydrogen-bond acceptors (Lipinski definition) is 4. The number of aryl methyl sites for hydroxylation is 1. The fraction of sp³-hybridized carbons (Fsp3) is 0.273. The molecular weight excluding hydrogens is 366 g/mol. The predicted octanol–water partition coefficient (Wildman–Crippen LogP) is 2.31. The number of carbonyl (C=O) groups is 2. The highest BCUT2D eigenvalue weighted by Gasteiger charge is 2.26. The molecule has 1 aliphatic rings. The van der Waals surface area contributed by atoms with Gasteiger partial charge < -0.3 is 9.80 Å². The fourth-order valence-corrected chi connectivity index (χ4v) is 3.42. The van der Waals surface area contributed by atoms with Crippen molar-refractivity contribution in [2.75, 3.05) is 26.2 Å². The molecule has 0 atom stereocenters. The van der Waals surface area contributed by atoms with E-state index in [1.807, 2.05) is 48.2 Å². The molecule has 1 aromatic carbocycles. The number of hydrogen-bond donors (Lipinski definition) is 1. The number of H-pyrrole nitrogens is 1. The van der Waals surface area contributed by atoms with E-state index < -0.39 is 0 Å². The maximum atomic E-state index is 12.8. The molecule has 7 heteroatoms. The lowest BCUT2D eigenvalue weighted by Gasteiger charge is -2.34. The summed E-state index contributed by atoms with van der Waals surface area (Å²) in [6, 6.07) is 13.5. The standard InChI is InChI=1S/C22H23N5O2/c1-16-2-4-17(5-3-16)14-21(28)26-10-12-27(13-11-26)22(29)20-15-19(24-25-20)18-6-8-23-9-7-18/h2-9,15H,10-14H2,1H3,(H,24,25). The van der Waals surface area contributed by atoms with Gasteiger partial charge in [0.1, 0.15) is 5.69 Å². The number of rotatable bonds is 4. The second-order valence-electron chi connectivity index (χ2n) is 7.24. The third-order valence-corrected chi connectivity index (χ3v) is 5.18. The predicted molar refractivity (Wildman–Crippen MR) is 109 cm³/mol. The summed E-state index contributed by atoms with van der Waals surface area (Å²) in [6.45, 7) is 4.15. The minimum atomic E-state index is -0.0940. The Morgan fingerprint density at radius 2 is 1.62 bits per heavy atom. The first-order valence-corrected chi connectivity index (χ1v) is 9.68. The topological polar surface area (TPSA) is 82.2 Å². The molecular formula is C22H23N5O2. The first-order valence-electron chi connectivity index (χ1n) is 9.68. The molecule has 148 valence electrons. The third kappa shape index (κ3) is 4.34. The number of aromatic nitrogens is 3. The molecule has 1 fully saturated rings. The minimum absolute atomic E-state index is 0.0940. The van der Waals surface area contributed by atoms with Crippen LogP contribution in [0.4, 0.5) is 0 Å². The Morgan fingerprint density at radius 3 is 2.31 bits per heavy atom. The van der Waals surface area contributed by atoms with E-state index in [0.29, 0.717) is 44.0 Å². The van der Waals surface area contributed by atoms with E-state index >= 15 is 0 Å². The van der Waals surface area contributed by atoms with Gasteiger partial charge in [0.15, 0.2) is 0 Å². The average Bonchev–Trinajstić information content (AvgIpc) is 3.26. The van der Waals surface area contributed by atoms with Crippen LogP contribution in [0.1, 0.15) is 21.6 Å². The van der Waals surface area contributed by atoms with Crippen molar-refractivity contribution in [1.82, 2.24) is 25.0 Å². The number of aromatic amines is 1.